The lowest BCUT2D eigenvalue weighted by Gasteiger charge is -2.24. The molecular weight excluding hydrogens is 258 g/mol. The number of nitrogens with zero attached hydrogens (tertiary/aromatic N) is 2. The van der Waals surface area contributed by atoms with E-state index in [1.807, 2.05) is 0 Å². The molecule has 0 amide bonds. The molecule has 0 radical (unpaired) electrons. The second-order valence-corrected chi connectivity index (χ2v) is 6.65. The highest BCUT2D eigenvalue weighted by molar-refractivity contribution is 5.37. The Kier molecular flexibility index (Phi) is 5.13. The smallest absolute Gasteiger partial charge is 0.126 e. The first-order valence-corrected chi connectivity index (χ1v) is 8.83. The summed E-state index contributed by atoms with van der Waals surface area (Å²) in [4.78, 5) is 7.31. The van der Waals surface area contributed by atoms with Crippen LogP contribution in [0.4, 0.5) is 5.82 Å². The first kappa shape index (κ1) is 14.8. The number of nitrogens with one attached hydrogen (secondary N) is 1. The summed E-state index contributed by atoms with van der Waals surface area (Å²) >= 11 is 0. The van der Waals surface area contributed by atoms with Crippen molar-refractivity contribution in [3.63, 3.8) is 0 Å². The Labute approximate surface area is 129 Å². The largest absolute Gasteiger partial charge is 0.367 e. The van der Waals surface area contributed by atoms with Gasteiger partial charge in [-0.25, -0.2) is 4.98 Å². The molecule has 0 bridgehead atoms. The van der Waals surface area contributed by atoms with E-state index in [0.717, 1.165) is 5.82 Å². The molecule has 1 aromatic heterocycles. The van der Waals surface area contributed by atoms with Crippen molar-refractivity contribution in [3.05, 3.63) is 23.9 Å². The third-order valence-corrected chi connectivity index (χ3v) is 5.04. The molecule has 2 aliphatic rings. The van der Waals surface area contributed by atoms with Crippen LogP contribution in [-0.2, 0) is 0 Å². The number of pyridine rings is 1. The van der Waals surface area contributed by atoms with E-state index in [2.05, 4.69) is 40.5 Å². The van der Waals surface area contributed by atoms with Crippen LogP contribution in [0.1, 0.15) is 69.9 Å². The zero-order valence-corrected chi connectivity index (χ0v) is 13.4. The van der Waals surface area contributed by atoms with Gasteiger partial charge in [0.1, 0.15) is 5.82 Å². The average Bonchev–Trinajstić information content (AvgIpc) is 3.17. The van der Waals surface area contributed by atoms with Crippen molar-refractivity contribution >= 4 is 5.82 Å². The summed E-state index contributed by atoms with van der Waals surface area (Å²) in [5, 5.41) is 3.58. The minimum absolute atomic E-state index is 0.601. The van der Waals surface area contributed by atoms with Crippen LogP contribution in [-0.4, -0.2) is 29.0 Å². The second kappa shape index (κ2) is 7.26. The number of anilines is 1. The fourth-order valence-electron chi connectivity index (χ4n) is 3.80. The topological polar surface area (TPSA) is 28.2 Å². The van der Waals surface area contributed by atoms with Crippen LogP contribution in [0.2, 0.25) is 0 Å². The van der Waals surface area contributed by atoms with Crippen LogP contribution in [0, 0.1) is 0 Å². The summed E-state index contributed by atoms with van der Waals surface area (Å²) in [7, 11) is 0. The van der Waals surface area contributed by atoms with Gasteiger partial charge in [-0.05, 0) is 56.8 Å². The highest BCUT2D eigenvalue weighted by Crippen LogP contribution is 2.32. The van der Waals surface area contributed by atoms with Crippen LogP contribution in [0.15, 0.2) is 18.3 Å². The standard InChI is InChI=1S/C18H29N3/c1-2-3-12-21-13-6-9-17(21)15-10-11-18(19-14-15)20-16-7-4-5-8-16/h10-11,14,16-17H,2-9,12-13H2,1H3,(H,19,20). The molecule has 3 heteroatoms. The maximum atomic E-state index is 4.66. The fourth-order valence-corrected chi connectivity index (χ4v) is 3.80. The van der Waals surface area contributed by atoms with Crippen molar-refractivity contribution in [3.8, 4) is 0 Å². The van der Waals surface area contributed by atoms with E-state index >= 15 is 0 Å². The summed E-state index contributed by atoms with van der Waals surface area (Å²) < 4.78 is 0. The molecule has 21 heavy (non-hydrogen) atoms. The number of hydrogen-bond acceptors (Lipinski definition) is 3. The summed E-state index contributed by atoms with van der Waals surface area (Å²) in [5.41, 5.74) is 1.40. The Morgan fingerprint density at radius 3 is 2.76 bits per heavy atom. The van der Waals surface area contributed by atoms with Crippen molar-refractivity contribution in [2.24, 2.45) is 0 Å². The Balaban J connectivity index is 1.60. The van der Waals surface area contributed by atoms with E-state index in [9.17, 15) is 0 Å². The molecule has 1 aromatic rings. The molecule has 1 saturated carbocycles. The molecule has 1 N–H and O–H groups in total. The Hall–Kier alpha value is -1.09. The number of aromatic nitrogens is 1. The lowest BCUT2D eigenvalue weighted by atomic mass is 10.1. The van der Waals surface area contributed by atoms with Crippen LogP contribution in [0.25, 0.3) is 0 Å². The summed E-state index contributed by atoms with van der Waals surface area (Å²) in [6.07, 6.45) is 12.7. The van der Waals surface area contributed by atoms with Gasteiger partial charge in [-0.1, -0.05) is 32.3 Å². The van der Waals surface area contributed by atoms with E-state index in [-0.39, 0.29) is 0 Å². The molecule has 1 atom stereocenters. The Morgan fingerprint density at radius 1 is 1.19 bits per heavy atom. The van der Waals surface area contributed by atoms with Crippen molar-refractivity contribution in [1.82, 2.24) is 9.88 Å². The molecule has 116 valence electrons. The first-order valence-electron chi connectivity index (χ1n) is 8.83. The van der Waals surface area contributed by atoms with E-state index < -0.39 is 0 Å². The van der Waals surface area contributed by atoms with E-state index in [1.165, 1.54) is 70.0 Å². The number of likely N-dealkylation sites (tertiary alicyclic amines) is 1. The van der Waals surface area contributed by atoms with Crippen LogP contribution < -0.4 is 5.32 Å². The molecule has 2 fully saturated rings. The molecule has 0 aromatic carbocycles. The zero-order valence-electron chi connectivity index (χ0n) is 13.4. The lowest BCUT2D eigenvalue weighted by Crippen LogP contribution is -2.24. The molecule has 3 nitrogen and oxygen atoms in total. The zero-order chi connectivity index (χ0) is 14.5. The molecule has 2 heterocycles. The normalized spacial score (nSPS) is 23.8. The monoisotopic (exact) mass is 287 g/mol. The van der Waals surface area contributed by atoms with Gasteiger partial charge in [-0.15, -0.1) is 0 Å². The number of hydrogen-bond donors (Lipinski definition) is 1. The van der Waals surface area contributed by atoms with Crippen molar-refractivity contribution < 1.29 is 0 Å². The van der Waals surface area contributed by atoms with Crippen LogP contribution in [0.5, 0.6) is 0 Å². The Morgan fingerprint density at radius 2 is 2.05 bits per heavy atom. The predicted molar refractivity (Wildman–Crippen MR) is 88.6 cm³/mol. The first-order chi connectivity index (χ1) is 10.4. The van der Waals surface area contributed by atoms with Crippen LogP contribution in [0.3, 0.4) is 0 Å². The number of rotatable bonds is 6. The maximum Gasteiger partial charge on any atom is 0.126 e. The van der Waals surface area contributed by atoms with Gasteiger partial charge < -0.3 is 5.32 Å². The van der Waals surface area contributed by atoms with Gasteiger partial charge in [0.2, 0.25) is 0 Å². The van der Waals surface area contributed by atoms with Gasteiger partial charge in [0.05, 0.1) is 0 Å². The van der Waals surface area contributed by atoms with Gasteiger partial charge in [0.25, 0.3) is 0 Å². The third-order valence-electron chi connectivity index (χ3n) is 5.04. The number of unbranched alkanes of at least 4 members (excludes halogenated alkanes) is 1. The molecule has 1 aliphatic heterocycles. The molecule has 3 rings (SSSR count). The highest BCUT2D eigenvalue weighted by Gasteiger charge is 2.25. The predicted octanol–water partition coefficient (Wildman–Crippen LogP) is 4.37. The highest BCUT2D eigenvalue weighted by atomic mass is 15.2. The SMILES string of the molecule is CCCCN1CCCC1c1ccc(NC2CCCC2)nc1. The molecule has 1 saturated heterocycles. The van der Waals surface area contributed by atoms with Gasteiger partial charge in [-0.2, -0.15) is 0 Å². The minimum Gasteiger partial charge on any atom is -0.367 e. The molecule has 1 unspecified atom stereocenters. The van der Waals surface area contributed by atoms with Gasteiger partial charge in [-0.3, -0.25) is 4.90 Å². The van der Waals surface area contributed by atoms with E-state index in [0.29, 0.717) is 12.1 Å². The maximum absolute atomic E-state index is 4.66. The molecular formula is C18H29N3. The fraction of sp³-hybridized carbons (Fsp3) is 0.722. The van der Waals surface area contributed by atoms with Crippen LogP contribution >= 0.6 is 0 Å². The van der Waals surface area contributed by atoms with Crippen molar-refractivity contribution in [2.45, 2.75) is 70.4 Å². The van der Waals surface area contributed by atoms with Crippen molar-refractivity contribution in [2.75, 3.05) is 18.4 Å². The quantitative estimate of drug-likeness (QED) is 0.842. The lowest BCUT2D eigenvalue weighted by molar-refractivity contribution is 0.253. The third kappa shape index (κ3) is 3.76. The van der Waals surface area contributed by atoms with Crippen molar-refractivity contribution in [1.29, 1.82) is 0 Å². The van der Waals surface area contributed by atoms with Gasteiger partial charge in [0, 0.05) is 18.3 Å². The summed E-state index contributed by atoms with van der Waals surface area (Å²) in [6, 6.07) is 5.73. The summed E-state index contributed by atoms with van der Waals surface area (Å²) in [5.74, 6) is 1.06. The van der Waals surface area contributed by atoms with Gasteiger partial charge in [0.15, 0.2) is 0 Å². The second-order valence-electron chi connectivity index (χ2n) is 6.65. The minimum atomic E-state index is 0.601. The summed E-state index contributed by atoms with van der Waals surface area (Å²) in [6.45, 7) is 4.77. The Bertz CT molecular complexity index is 423. The molecule has 0 spiro atoms. The van der Waals surface area contributed by atoms with Gasteiger partial charge >= 0.3 is 0 Å². The van der Waals surface area contributed by atoms with E-state index in [1.54, 1.807) is 0 Å². The molecule has 1 aliphatic carbocycles. The van der Waals surface area contributed by atoms with E-state index in [4.69, 9.17) is 0 Å². The average molecular weight is 287 g/mol.